The highest BCUT2D eigenvalue weighted by Crippen LogP contribution is 2.34. The van der Waals surface area contributed by atoms with Gasteiger partial charge in [0.15, 0.2) is 0 Å². The number of primary amides is 1. The van der Waals surface area contributed by atoms with Gasteiger partial charge in [-0.3, -0.25) is 14.2 Å². The lowest BCUT2D eigenvalue weighted by Crippen LogP contribution is -2.31. The Bertz CT molecular complexity index is 468. The third kappa shape index (κ3) is 29.3. The fourth-order valence-corrected chi connectivity index (χ4v) is 3.59. The van der Waals surface area contributed by atoms with Gasteiger partial charge in [-0.1, -0.05) is 96.8 Å². The van der Waals surface area contributed by atoms with Gasteiger partial charge in [-0.05, 0) is 6.42 Å². The number of hydrogen-bond acceptors (Lipinski definition) is 4. The quantitative estimate of drug-likeness (QED) is 0.144. The minimum atomic E-state index is -4.33. The largest absolute Gasteiger partial charge is 0.481 e. The Morgan fingerprint density at radius 3 is 1.33 bits per heavy atom. The molecule has 0 aromatic carbocycles. The van der Waals surface area contributed by atoms with Crippen molar-refractivity contribution in [2.45, 2.75) is 116 Å². The van der Waals surface area contributed by atoms with Crippen LogP contribution in [0.3, 0.4) is 0 Å². The molecule has 0 saturated heterocycles. The molecule has 0 rings (SSSR count). The molecular formula is C21H44NO7P. The lowest BCUT2D eigenvalue weighted by atomic mass is 10.0. The number of aliphatic hydroxyl groups excluding tert-OH is 1. The number of carboxylic acid groups (broad SMARTS) is 1. The maximum absolute atomic E-state index is 10.3. The van der Waals surface area contributed by atoms with E-state index in [1.165, 1.54) is 83.5 Å². The fourth-order valence-electron chi connectivity index (χ4n) is 2.96. The van der Waals surface area contributed by atoms with Crippen molar-refractivity contribution in [1.82, 2.24) is 0 Å². The van der Waals surface area contributed by atoms with E-state index in [1.54, 1.807) is 0 Å². The molecule has 1 unspecified atom stereocenters. The number of nitrogens with two attached hydrogens (primary N) is 1. The molecule has 180 valence electrons. The zero-order valence-corrected chi connectivity index (χ0v) is 19.5. The van der Waals surface area contributed by atoms with Crippen LogP contribution in [-0.2, 0) is 14.2 Å². The first-order chi connectivity index (χ1) is 14.1. The standard InChI is InChI=1S/C18H36O2.C3H8NO5P/c1-2-3-4-5-6-7-8-9-10-11-12-13-14-15-16-17-18(19)20;4-3(6)2(5)1-10(7,8)9/h2-17H2,1H3,(H,19,20);2,5H,1H2,(H2,4,6)(H2,7,8,9). The van der Waals surface area contributed by atoms with Crippen molar-refractivity contribution in [2.24, 2.45) is 5.73 Å². The van der Waals surface area contributed by atoms with Crippen LogP contribution in [0, 0.1) is 0 Å². The van der Waals surface area contributed by atoms with Crippen molar-refractivity contribution in [3.8, 4) is 0 Å². The number of aliphatic carboxylic acids is 1. The lowest BCUT2D eigenvalue weighted by Gasteiger charge is -2.06. The van der Waals surface area contributed by atoms with Crippen LogP contribution in [0.2, 0.25) is 0 Å². The Balaban J connectivity index is 0. The van der Waals surface area contributed by atoms with Gasteiger partial charge in [0.2, 0.25) is 5.91 Å². The van der Waals surface area contributed by atoms with E-state index in [-0.39, 0.29) is 0 Å². The first kappa shape index (κ1) is 31.2. The molecular weight excluding hydrogens is 409 g/mol. The summed E-state index contributed by atoms with van der Waals surface area (Å²) in [5, 5.41) is 17.0. The van der Waals surface area contributed by atoms with Crippen LogP contribution in [-0.4, -0.2) is 44.1 Å². The molecule has 9 heteroatoms. The van der Waals surface area contributed by atoms with Crippen LogP contribution in [0.25, 0.3) is 0 Å². The number of amides is 1. The van der Waals surface area contributed by atoms with E-state index >= 15 is 0 Å². The maximum Gasteiger partial charge on any atom is 0.328 e. The summed E-state index contributed by atoms with van der Waals surface area (Å²) in [6.45, 7) is 2.27. The van der Waals surface area contributed by atoms with Gasteiger partial charge in [-0.15, -0.1) is 0 Å². The van der Waals surface area contributed by atoms with Gasteiger partial charge < -0.3 is 25.7 Å². The zero-order valence-electron chi connectivity index (χ0n) is 18.6. The van der Waals surface area contributed by atoms with Crippen LogP contribution in [0.15, 0.2) is 0 Å². The third-order valence-corrected chi connectivity index (χ3v) is 5.55. The number of hydrogen-bond donors (Lipinski definition) is 5. The highest BCUT2D eigenvalue weighted by Gasteiger charge is 2.23. The van der Waals surface area contributed by atoms with E-state index in [1.807, 2.05) is 0 Å². The van der Waals surface area contributed by atoms with Gasteiger partial charge in [-0.25, -0.2) is 0 Å². The number of carbonyl (C=O) groups is 2. The molecule has 0 aliphatic carbocycles. The molecule has 0 aliphatic rings. The number of aliphatic hydroxyl groups is 1. The Kier molecular flexibility index (Phi) is 22.2. The van der Waals surface area contributed by atoms with Crippen LogP contribution in [0.1, 0.15) is 110 Å². The Morgan fingerprint density at radius 1 is 0.767 bits per heavy atom. The highest BCUT2D eigenvalue weighted by atomic mass is 31.2. The molecule has 1 amide bonds. The van der Waals surface area contributed by atoms with Crippen LogP contribution < -0.4 is 5.73 Å². The SMILES string of the molecule is CCCCCCCCCCCCCCCCCC(=O)O.NC(=O)C(O)CP(=O)(O)O. The topological polar surface area (TPSA) is 158 Å². The van der Waals surface area contributed by atoms with Gasteiger partial charge >= 0.3 is 13.6 Å². The molecule has 0 fully saturated rings. The van der Waals surface area contributed by atoms with Gasteiger partial charge in [0.05, 0.1) is 6.16 Å². The number of unbranched alkanes of at least 4 members (excludes halogenated alkanes) is 14. The predicted octanol–water partition coefficient (Wildman–Crippen LogP) is 4.34. The molecule has 0 bridgehead atoms. The smallest absolute Gasteiger partial charge is 0.328 e. The van der Waals surface area contributed by atoms with Gasteiger partial charge in [0.1, 0.15) is 6.10 Å². The zero-order chi connectivity index (χ0) is 23.3. The summed E-state index contributed by atoms with van der Waals surface area (Å²) in [5.74, 6) is -1.79. The number of rotatable bonds is 19. The minimum Gasteiger partial charge on any atom is -0.481 e. The first-order valence-corrected chi connectivity index (χ1v) is 13.1. The van der Waals surface area contributed by atoms with E-state index in [0.717, 1.165) is 12.8 Å². The van der Waals surface area contributed by atoms with E-state index in [9.17, 15) is 14.2 Å². The van der Waals surface area contributed by atoms with Gasteiger partial charge in [-0.2, -0.15) is 0 Å². The summed E-state index contributed by atoms with van der Waals surface area (Å²) in [5.41, 5.74) is 4.51. The van der Waals surface area contributed by atoms with Crippen molar-refractivity contribution in [2.75, 3.05) is 6.16 Å². The number of carbonyl (C=O) groups excluding carboxylic acids is 1. The number of carboxylic acids is 1. The summed E-state index contributed by atoms with van der Waals surface area (Å²) >= 11 is 0. The second-order valence-corrected chi connectivity index (χ2v) is 9.55. The molecule has 0 saturated carbocycles. The molecule has 1 atom stereocenters. The van der Waals surface area contributed by atoms with Crippen molar-refractivity contribution < 1.29 is 34.2 Å². The van der Waals surface area contributed by atoms with Crippen molar-refractivity contribution in [3.05, 3.63) is 0 Å². The normalized spacial score (nSPS) is 12.1. The average Bonchev–Trinajstić information content (AvgIpc) is 2.63. The summed E-state index contributed by atoms with van der Waals surface area (Å²) in [7, 11) is -4.33. The minimum absolute atomic E-state index is 0.345. The predicted molar refractivity (Wildman–Crippen MR) is 119 cm³/mol. The maximum atomic E-state index is 10.3. The Hall–Kier alpha value is -0.950. The molecule has 0 radical (unpaired) electrons. The monoisotopic (exact) mass is 453 g/mol. The van der Waals surface area contributed by atoms with Crippen LogP contribution in [0.4, 0.5) is 0 Å². The van der Waals surface area contributed by atoms with Crippen molar-refractivity contribution in [1.29, 1.82) is 0 Å². The summed E-state index contributed by atoms with van der Waals surface area (Å²) in [6, 6.07) is 0. The second kappa shape index (κ2) is 21.3. The molecule has 0 aromatic rings. The van der Waals surface area contributed by atoms with Gasteiger partial charge in [0.25, 0.3) is 0 Å². The molecule has 6 N–H and O–H groups in total. The third-order valence-electron chi connectivity index (χ3n) is 4.73. The fraction of sp³-hybridized carbons (Fsp3) is 0.905. The van der Waals surface area contributed by atoms with Gasteiger partial charge in [0, 0.05) is 6.42 Å². The summed E-state index contributed by atoms with van der Waals surface area (Å²) in [4.78, 5) is 36.7. The summed E-state index contributed by atoms with van der Waals surface area (Å²) in [6.07, 6.45) is 17.5. The van der Waals surface area contributed by atoms with E-state index in [4.69, 9.17) is 20.0 Å². The van der Waals surface area contributed by atoms with Crippen molar-refractivity contribution >= 4 is 19.5 Å². The lowest BCUT2D eigenvalue weighted by molar-refractivity contribution is -0.137. The first-order valence-electron chi connectivity index (χ1n) is 11.3. The molecule has 0 spiro atoms. The highest BCUT2D eigenvalue weighted by molar-refractivity contribution is 7.51. The molecule has 8 nitrogen and oxygen atoms in total. The van der Waals surface area contributed by atoms with E-state index in [0.29, 0.717) is 6.42 Å². The molecule has 0 heterocycles. The van der Waals surface area contributed by atoms with E-state index in [2.05, 4.69) is 12.7 Å². The molecule has 0 aromatic heterocycles. The molecule has 0 aliphatic heterocycles. The van der Waals surface area contributed by atoms with Crippen molar-refractivity contribution in [3.63, 3.8) is 0 Å². The Labute approximate surface area is 181 Å². The van der Waals surface area contributed by atoms with E-state index < -0.39 is 31.7 Å². The summed E-state index contributed by atoms with van der Waals surface area (Å²) < 4.78 is 10.1. The second-order valence-electron chi connectivity index (χ2n) is 7.86. The van der Waals surface area contributed by atoms with Crippen LogP contribution >= 0.6 is 7.60 Å². The Morgan fingerprint density at radius 2 is 1.10 bits per heavy atom. The van der Waals surface area contributed by atoms with Crippen LogP contribution in [0.5, 0.6) is 0 Å². The molecule has 30 heavy (non-hydrogen) atoms. The average molecular weight is 454 g/mol.